The lowest BCUT2D eigenvalue weighted by Gasteiger charge is -2.11. The van der Waals surface area contributed by atoms with Crippen LogP contribution in [0.3, 0.4) is 0 Å². The number of pyridine rings is 1. The van der Waals surface area contributed by atoms with Gasteiger partial charge in [-0.25, -0.2) is 9.67 Å². The Labute approximate surface area is 157 Å². The highest BCUT2D eigenvalue weighted by Gasteiger charge is 2.11. The van der Waals surface area contributed by atoms with E-state index in [1.54, 1.807) is 4.68 Å². The molecule has 2 aromatic heterocycles. The Morgan fingerprint density at radius 2 is 1.46 bits per heavy atom. The summed E-state index contributed by atoms with van der Waals surface area (Å²) in [6.07, 6.45) is 4.41. The first kappa shape index (κ1) is 17.8. The first-order valence-electron chi connectivity index (χ1n) is 8.29. The molecule has 0 radical (unpaired) electrons. The van der Waals surface area contributed by atoms with Gasteiger partial charge in [-0.3, -0.25) is 4.79 Å². The number of fused-ring (bicyclic) bond motifs is 1. The maximum Gasteiger partial charge on any atom is 0.274 e. The molecule has 26 heavy (non-hydrogen) atoms. The van der Waals surface area contributed by atoms with Gasteiger partial charge in [0.1, 0.15) is 0 Å². The van der Waals surface area contributed by atoms with Crippen LogP contribution in [0.15, 0.2) is 83.9 Å². The average molecular weight is 364 g/mol. The Morgan fingerprint density at radius 1 is 0.808 bits per heavy atom. The fourth-order valence-corrected chi connectivity index (χ4v) is 3.03. The molecular formula is C21H18ClN3O. The fraction of sp³-hybridized carbons (Fsp3) is 0.0952. The highest BCUT2D eigenvalue weighted by atomic mass is 35.5. The zero-order valence-electron chi connectivity index (χ0n) is 14.1. The van der Waals surface area contributed by atoms with Crippen molar-refractivity contribution < 1.29 is 17.4 Å². The summed E-state index contributed by atoms with van der Waals surface area (Å²) in [6.45, 7) is 0.458. The molecule has 0 spiro atoms. The van der Waals surface area contributed by atoms with Crippen LogP contribution in [0.2, 0.25) is 0 Å². The molecule has 1 N–H and O–H groups in total. The lowest BCUT2D eigenvalue weighted by molar-refractivity contribution is -0.378. The Morgan fingerprint density at radius 3 is 2.19 bits per heavy atom. The molecule has 0 atom stereocenters. The number of halogens is 1. The summed E-state index contributed by atoms with van der Waals surface area (Å²) in [5.74, 6) is 0. The number of H-pyrrole nitrogens is 1. The number of rotatable bonds is 4. The molecule has 0 fully saturated rings. The predicted octanol–water partition coefficient (Wildman–Crippen LogP) is -0.146. The van der Waals surface area contributed by atoms with E-state index in [1.165, 1.54) is 5.56 Å². The number of aromatic nitrogens is 3. The van der Waals surface area contributed by atoms with Gasteiger partial charge in [-0.1, -0.05) is 48.5 Å². The van der Waals surface area contributed by atoms with Crippen molar-refractivity contribution in [2.75, 3.05) is 0 Å². The van der Waals surface area contributed by atoms with Crippen LogP contribution in [-0.2, 0) is 13.0 Å². The summed E-state index contributed by atoms with van der Waals surface area (Å²) < 4.78 is 1.57. The van der Waals surface area contributed by atoms with Crippen molar-refractivity contribution in [2.24, 2.45) is 0 Å². The topological polar surface area (TPSA) is 49.0 Å². The van der Waals surface area contributed by atoms with Crippen molar-refractivity contribution in [1.82, 2.24) is 9.78 Å². The minimum atomic E-state index is -0.0553. The summed E-state index contributed by atoms with van der Waals surface area (Å²) in [5.41, 5.74) is 3.08. The van der Waals surface area contributed by atoms with E-state index in [1.807, 2.05) is 67.0 Å². The van der Waals surface area contributed by atoms with Crippen LogP contribution in [0, 0.1) is 0 Å². The van der Waals surface area contributed by atoms with Crippen molar-refractivity contribution in [2.45, 2.75) is 13.0 Å². The van der Waals surface area contributed by atoms with Gasteiger partial charge in [0.25, 0.3) is 5.56 Å². The lowest BCUT2D eigenvalue weighted by atomic mass is 10.0. The molecule has 0 aliphatic rings. The van der Waals surface area contributed by atoms with Gasteiger partial charge in [-0.05, 0) is 17.2 Å². The number of nitrogens with one attached hydrogen (secondary N) is 1. The predicted molar refractivity (Wildman–Crippen MR) is 97.4 cm³/mol. The fourth-order valence-electron chi connectivity index (χ4n) is 3.03. The van der Waals surface area contributed by atoms with Crippen LogP contribution in [0.4, 0.5) is 0 Å². The molecule has 5 heteroatoms. The monoisotopic (exact) mass is 363 g/mol. The molecule has 2 heterocycles. The lowest BCUT2D eigenvalue weighted by Crippen LogP contribution is -3.00. The standard InChI is InChI=1S/C21H17N3O.ClH/c25-21-19-9-5-4-8-18(19)20(14-16-6-2-1-3-7-16)23-24(21)15-17-10-12-22-13-11-17;/h1-13H,14-15H2;1H. The Kier molecular flexibility index (Phi) is 5.44. The largest absolute Gasteiger partial charge is 1.00 e. The quantitative estimate of drug-likeness (QED) is 0.506. The Bertz CT molecular complexity index is 1060. The molecule has 4 nitrogen and oxygen atoms in total. The third kappa shape index (κ3) is 3.65. The third-order valence-electron chi connectivity index (χ3n) is 4.28. The minimum Gasteiger partial charge on any atom is -1.00 e. The van der Waals surface area contributed by atoms with Gasteiger partial charge < -0.3 is 12.4 Å². The summed E-state index contributed by atoms with van der Waals surface area (Å²) in [7, 11) is 0. The van der Waals surface area contributed by atoms with Crippen molar-refractivity contribution >= 4 is 10.8 Å². The van der Waals surface area contributed by atoms with Crippen molar-refractivity contribution in [3.05, 3.63) is 106 Å². The maximum absolute atomic E-state index is 12.8. The van der Waals surface area contributed by atoms with Crippen LogP contribution in [-0.4, -0.2) is 9.78 Å². The Hall–Kier alpha value is -2.98. The molecule has 0 saturated carbocycles. The summed E-state index contributed by atoms with van der Waals surface area (Å²) >= 11 is 0. The number of benzene rings is 2. The number of hydrogen-bond donors (Lipinski definition) is 0. The van der Waals surface area contributed by atoms with Gasteiger partial charge in [-0.2, -0.15) is 5.10 Å². The molecular weight excluding hydrogens is 346 g/mol. The van der Waals surface area contributed by atoms with E-state index in [9.17, 15) is 4.79 Å². The van der Waals surface area contributed by atoms with Crippen LogP contribution in [0.5, 0.6) is 0 Å². The highest BCUT2D eigenvalue weighted by Crippen LogP contribution is 2.17. The van der Waals surface area contributed by atoms with E-state index < -0.39 is 0 Å². The van der Waals surface area contributed by atoms with Crippen molar-refractivity contribution in [3.8, 4) is 0 Å². The molecule has 0 aliphatic heterocycles. The van der Waals surface area contributed by atoms with E-state index in [-0.39, 0.29) is 18.0 Å². The van der Waals surface area contributed by atoms with Gasteiger partial charge in [-0.15, -0.1) is 0 Å². The first-order chi connectivity index (χ1) is 12.3. The van der Waals surface area contributed by atoms with Crippen molar-refractivity contribution in [3.63, 3.8) is 0 Å². The number of hydrogen-bond acceptors (Lipinski definition) is 2. The molecule has 2 aromatic carbocycles. The van der Waals surface area contributed by atoms with E-state index in [4.69, 9.17) is 0 Å². The molecule has 0 bridgehead atoms. The molecule has 0 saturated heterocycles. The van der Waals surface area contributed by atoms with Gasteiger partial charge in [0.05, 0.1) is 17.6 Å². The average Bonchev–Trinajstić information content (AvgIpc) is 2.67. The molecule has 0 aliphatic carbocycles. The maximum atomic E-state index is 12.8. The van der Waals surface area contributed by atoms with E-state index >= 15 is 0 Å². The smallest absolute Gasteiger partial charge is 0.274 e. The van der Waals surface area contributed by atoms with E-state index in [2.05, 4.69) is 22.2 Å². The summed E-state index contributed by atoms with van der Waals surface area (Å²) in [5, 5.41) is 6.32. The van der Waals surface area contributed by atoms with Gasteiger partial charge in [0.15, 0.2) is 12.4 Å². The van der Waals surface area contributed by atoms with Gasteiger partial charge >= 0.3 is 0 Å². The van der Waals surface area contributed by atoms with Crippen LogP contribution in [0.25, 0.3) is 10.8 Å². The zero-order valence-corrected chi connectivity index (χ0v) is 14.9. The van der Waals surface area contributed by atoms with Crippen molar-refractivity contribution in [1.29, 1.82) is 0 Å². The molecule has 0 amide bonds. The van der Waals surface area contributed by atoms with Gasteiger partial charge in [0.2, 0.25) is 0 Å². The normalized spacial score (nSPS) is 10.5. The Balaban J connectivity index is 0.00000196. The summed E-state index contributed by atoms with van der Waals surface area (Å²) in [6, 6.07) is 21.8. The third-order valence-corrected chi connectivity index (χ3v) is 4.28. The second-order valence-electron chi connectivity index (χ2n) is 6.03. The minimum absolute atomic E-state index is 0. The number of aromatic amines is 1. The summed E-state index contributed by atoms with van der Waals surface area (Å²) in [4.78, 5) is 15.8. The SMILES string of the molecule is O=c1c2ccccc2c(Cc2ccccc2)nn1Cc1cc[nH+]cc1.[Cl-]. The van der Waals surface area contributed by atoms with Crippen LogP contribution in [0.1, 0.15) is 16.8 Å². The molecule has 0 unspecified atom stereocenters. The van der Waals surface area contributed by atoms with Crippen LogP contribution >= 0.6 is 0 Å². The van der Waals surface area contributed by atoms with Crippen LogP contribution < -0.4 is 23.0 Å². The number of nitrogens with zero attached hydrogens (tertiary/aromatic N) is 2. The second kappa shape index (κ2) is 7.93. The molecule has 130 valence electrons. The van der Waals surface area contributed by atoms with E-state index in [0.29, 0.717) is 18.4 Å². The molecule has 4 rings (SSSR count). The first-order valence-corrected chi connectivity index (χ1v) is 8.29. The second-order valence-corrected chi connectivity index (χ2v) is 6.03. The van der Waals surface area contributed by atoms with E-state index in [0.717, 1.165) is 16.6 Å². The highest BCUT2D eigenvalue weighted by molar-refractivity contribution is 5.83. The zero-order chi connectivity index (χ0) is 17.1. The molecule has 4 aromatic rings. The van der Waals surface area contributed by atoms with Gasteiger partial charge in [0, 0.05) is 23.9 Å².